The predicted octanol–water partition coefficient (Wildman–Crippen LogP) is 3.75. The van der Waals surface area contributed by atoms with Gasteiger partial charge in [-0.2, -0.15) is 5.10 Å². The Labute approximate surface area is 150 Å². The molecular weight excluding hydrogens is 335 g/mol. The molecule has 26 heavy (non-hydrogen) atoms. The van der Waals surface area contributed by atoms with Gasteiger partial charge in [0.05, 0.1) is 18.1 Å². The third-order valence-corrected chi connectivity index (χ3v) is 3.95. The molecule has 0 aliphatic rings. The second kappa shape index (κ2) is 7.43. The number of carbonyl (C=O) groups is 2. The summed E-state index contributed by atoms with van der Waals surface area (Å²) in [5.74, 6) is -0.882. The van der Waals surface area contributed by atoms with Crippen LogP contribution in [0.5, 0.6) is 0 Å². The minimum absolute atomic E-state index is 0.0412. The average Bonchev–Trinajstić information content (AvgIpc) is 3.03. The maximum absolute atomic E-state index is 12.9. The molecule has 6 nitrogen and oxygen atoms in total. The van der Waals surface area contributed by atoms with Gasteiger partial charge in [0.1, 0.15) is 5.82 Å². The minimum Gasteiger partial charge on any atom is -0.325 e. The quantitative estimate of drug-likeness (QED) is 0.684. The van der Waals surface area contributed by atoms with Crippen molar-refractivity contribution in [2.75, 3.05) is 5.32 Å². The van der Waals surface area contributed by atoms with E-state index in [1.54, 1.807) is 18.5 Å². The normalized spacial score (nSPS) is 11.1. The summed E-state index contributed by atoms with van der Waals surface area (Å²) in [6.07, 6.45) is 3.37. The van der Waals surface area contributed by atoms with Crippen molar-refractivity contribution in [3.8, 4) is 0 Å². The number of nitrogens with zero attached hydrogens (tertiary/aromatic N) is 3. The average molecular weight is 354 g/mol. The first-order chi connectivity index (χ1) is 12.4. The van der Waals surface area contributed by atoms with Crippen LogP contribution < -0.4 is 5.32 Å². The van der Waals surface area contributed by atoms with Crippen LogP contribution in [-0.2, 0) is 4.79 Å². The lowest BCUT2D eigenvalue weighted by Crippen LogP contribution is -2.13. The van der Waals surface area contributed by atoms with Gasteiger partial charge in [-0.15, -0.1) is 0 Å². The van der Waals surface area contributed by atoms with Crippen LogP contribution in [0, 0.1) is 5.82 Å². The molecule has 3 rings (SSSR count). The van der Waals surface area contributed by atoms with E-state index in [1.165, 1.54) is 24.3 Å². The zero-order valence-corrected chi connectivity index (χ0v) is 14.6. The number of aromatic nitrogens is 3. The number of benzene rings is 1. The summed E-state index contributed by atoms with van der Waals surface area (Å²) in [5.41, 5.74) is 1.70. The number of rotatable bonds is 6. The van der Waals surface area contributed by atoms with E-state index in [2.05, 4.69) is 15.4 Å². The number of nitrogens with one attached hydrogen (secondary N) is 1. The van der Waals surface area contributed by atoms with Gasteiger partial charge < -0.3 is 5.32 Å². The van der Waals surface area contributed by atoms with Gasteiger partial charge in [-0.1, -0.05) is 0 Å². The lowest BCUT2D eigenvalue weighted by Gasteiger charge is -2.07. The number of pyridine rings is 1. The summed E-state index contributed by atoms with van der Waals surface area (Å²) in [6.45, 7) is 4.03. The highest BCUT2D eigenvalue weighted by Crippen LogP contribution is 2.19. The van der Waals surface area contributed by atoms with Gasteiger partial charge >= 0.3 is 0 Å². The summed E-state index contributed by atoms with van der Waals surface area (Å²) in [5, 5.41) is 7.85. The van der Waals surface area contributed by atoms with Gasteiger partial charge in [-0.3, -0.25) is 9.59 Å². The number of carbonyl (C=O) groups excluding carboxylic acids is 2. The number of hydrogen-bond acceptors (Lipinski definition) is 4. The number of ketones is 1. The van der Waals surface area contributed by atoms with Crippen molar-refractivity contribution >= 4 is 28.4 Å². The molecule has 2 aromatic heterocycles. The second-order valence-corrected chi connectivity index (χ2v) is 6.30. The van der Waals surface area contributed by atoms with Crippen LogP contribution in [0.4, 0.5) is 10.1 Å². The Kier molecular flexibility index (Phi) is 5.06. The fourth-order valence-electron chi connectivity index (χ4n) is 2.62. The molecule has 1 N–H and O–H groups in total. The van der Waals surface area contributed by atoms with Crippen molar-refractivity contribution in [2.24, 2.45) is 0 Å². The van der Waals surface area contributed by atoms with Crippen LogP contribution in [0.15, 0.2) is 42.7 Å². The van der Waals surface area contributed by atoms with Crippen LogP contribution >= 0.6 is 0 Å². The van der Waals surface area contributed by atoms with E-state index < -0.39 is 5.82 Å². The highest BCUT2D eigenvalue weighted by atomic mass is 19.1. The van der Waals surface area contributed by atoms with Crippen molar-refractivity contribution < 1.29 is 14.0 Å². The van der Waals surface area contributed by atoms with Crippen LogP contribution in [0.25, 0.3) is 11.0 Å². The first-order valence-corrected chi connectivity index (χ1v) is 8.36. The van der Waals surface area contributed by atoms with Crippen molar-refractivity contribution in [1.82, 2.24) is 14.8 Å². The molecule has 0 fully saturated rings. The molecule has 0 atom stereocenters. The molecule has 0 saturated carbocycles. The number of halogens is 1. The van der Waals surface area contributed by atoms with Gasteiger partial charge in [0, 0.05) is 29.8 Å². The topological polar surface area (TPSA) is 76.9 Å². The molecule has 0 spiro atoms. The predicted molar refractivity (Wildman–Crippen MR) is 96.5 cm³/mol. The van der Waals surface area contributed by atoms with Crippen LogP contribution in [0.3, 0.4) is 0 Å². The maximum Gasteiger partial charge on any atom is 0.224 e. The molecule has 7 heteroatoms. The lowest BCUT2D eigenvalue weighted by molar-refractivity contribution is -0.116. The standard InChI is InChI=1S/C19H19FN4O2/c1-12(2)24-19-14(10-22-24)9-16(11-21-19)23-18(26)8-7-17(25)13-3-5-15(20)6-4-13/h3-6,9-12H,7-8H2,1-2H3,(H,23,26). The molecule has 1 amide bonds. The Hall–Kier alpha value is -3.09. The number of amides is 1. The third kappa shape index (κ3) is 3.93. The smallest absolute Gasteiger partial charge is 0.224 e. The summed E-state index contributed by atoms with van der Waals surface area (Å²) in [7, 11) is 0. The van der Waals surface area contributed by atoms with Gasteiger partial charge in [-0.05, 0) is 44.2 Å². The Morgan fingerprint density at radius 3 is 2.58 bits per heavy atom. The number of fused-ring (bicyclic) bond motifs is 1. The van der Waals surface area contributed by atoms with E-state index in [0.29, 0.717) is 11.3 Å². The highest BCUT2D eigenvalue weighted by molar-refractivity contribution is 6.00. The van der Waals surface area contributed by atoms with E-state index in [9.17, 15) is 14.0 Å². The Morgan fingerprint density at radius 1 is 1.15 bits per heavy atom. The van der Waals surface area contributed by atoms with E-state index in [0.717, 1.165) is 11.0 Å². The van der Waals surface area contributed by atoms with E-state index in [-0.39, 0.29) is 30.6 Å². The Bertz CT molecular complexity index is 948. The number of anilines is 1. The first kappa shape index (κ1) is 17.7. The van der Waals surface area contributed by atoms with E-state index in [1.807, 2.05) is 18.5 Å². The molecule has 0 aliphatic carbocycles. The molecule has 134 valence electrons. The van der Waals surface area contributed by atoms with Crippen molar-refractivity contribution in [1.29, 1.82) is 0 Å². The van der Waals surface area contributed by atoms with Crippen molar-refractivity contribution in [3.63, 3.8) is 0 Å². The molecular formula is C19H19FN4O2. The SMILES string of the molecule is CC(C)n1ncc2cc(NC(=O)CCC(=O)c3ccc(F)cc3)cnc21. The number of Topliss-reactive ketones (excluding diaryl/α,β-unsaturated/α-hetero) is 1. The van der Waals surface area contributed by atoms with Gasteiger partial charge in [0.25, 0.3) is 0 Å². The summed E-state index contributed by atoms with van der Waals surface area (Å²) >= 11 is 0. The van der Waals surface area contributed by atoms with Crippen LogP contribution in [0.1, 0.15) is 43.1 Å². The maximum atomic E-state index is 12.9. The molecule has 0 saturated heterocycles. The lowest BCUT2D eigenvalue weighted by atomic mass is 10.1. The van der Waals surface area contributed by atoms with Crippen molar-refractivity contribution in [2.45, 2.75) is 32.7 Å². The van der Waals surface area contributed by atoms with Crippen molar-refractivity contribution in [3.05, 3.63) is 54.1 Å². The third-order valence-electron chi connectivity index (χ3n) is 3.95. The summed E-state index contributed by atoms with van der Waals surface area (Å²) < 4.78 is 14.7. The molecule has 1 aromatic carbocycles. The van der Waals surface area contributed by atoms with E-state index >= 15 is 0 Å². The van der Waals surface area contributed by atoms with Crippen LogP contribution in [-0.4, -0.2) is 26.5 Å². The largest absolute Gasteiger partial charge is 0.325 e. The first-order valence-electron chi connectivity index (χ1n) is 8.36. The Morgan fingerprint density at radius 2 is 1.88 bits per heavy atom. The van der Waals surface area contributed by atoms with Gasteiger partial charge in [0.15, 0.2) is 11.4 Å². The molecule has 3 aromatic rings. The monoisotopic (exact) mass is 354 g/mol. The number of hydrogen-bond donors (Lipinski definition) is 1. The fraction of sp³-hybridized carbons (Fsp3) is 0.263. The minimum atomic E-state index is -0.400. The highest BCUT2D eigenvalue weighted by Gasteiger charge is 2.12. The van der Waals surface area contributed by atoms with Gasteiger partial charge in [-0.25, -0.2) is 14.1 Å². The molecule has 2 heterocycles. The zero-order chi connectivity index (χ0) is 18.7. The Balaban J connectivity index is 1.60. The summed E-state index contributed by atoms with van der Waals surface area (Å²) in [4.78, 5) is 28.5. The zero-order valence-electron chi connectivity index (χ0n) is 14.6. The molecule has 0 radical (unpaired) electrons. The molecule has 0 bridgehead atoms. The molecule has 0 aliphatic heterocycles. The van der Waals surface area contributed by atoms with Gasteiger partial charge in [0.2, 0.25) is 5.91 Å². The second-order valence-electron chi connectivity index (χ2n) is 6.30. The van der Waals surface area contributed by atoms with Crippen LogP contribution in [0.2, 0.25) is 0 Å². The molecule has 0 unspecified atom stereocenters. The summed E-state index contributed by atoms with van der Waals surface area (Å²) in [6, 6.07) is 7.28. The fourth-order valence-corrected chi connectivity index (χ4v) is 2.62. The van der Waals surface area contributed by atoms with E-state index in [4.69, 9.17) is 0 Å².